The summed E-state index contributed by atoms with van der Waals surface area (Å²) in [5.74, 6) is -2.77. The second-order valence-corrected chi connectivity index (χ2v) is 9.95. The summed E-state index contributed by atoms with van der Waals surface area (Å²) in [4.78, 5) is 40.3. The number of rotatable bonds is 6. The molecule has 7 nitrogen and oxygen atoms in total. The lowest BCUT2D eigenvalue weighted by Crippen LogP contribution is -2.36. The number of hydrogen-bond donors (Lipinski definition) is 3. The molecule has 0 spiro atoms. The van der Waals surface area contributed by atoms with E-state index in [-0.39, 0.29) is 11.8 Å². The monoisotopic (exact) mass is 497 g/mol. The van der Waals surface area contributed by atoms with Crippen LogP contribution in [0.25, 0.3) is 0 Å². The van der Waals surface area contributed by atoms with Crippen molar-refractivity contribution in [3.05, 3.63) is 52.5 Å². The second kappa shape index (κ2) is 11.1. The van der Waals surface area contributed by atoms with E-state index in [4.69, 9.17) is 11.6 Å². The van der Waals surface area contributed by atoms with Gasteiger partial charge in [-0.05, 0) is 74.9 Å². The summed E-state index contributed by atoms with van der Waals surface area (Å²) >= 11 is 6.14. The third kappa shape index (κ3) is 5.96. The number of nitrogens with zero attached hydrogens (tertiary/aromatic N) is 1. The van der Waals surface area contributed by atoms with Crippen LogP contribution in [-0.2, 0) is 9.59 Å². The summed E-state index contributed by atoms with van der Waals surface area (Å²) in [5.41, 5.74) is 3.29. The van der Waals surface area contributed by atoms with Gasteiger partial charge in [0, 0.05) is 35.2 Å². The predicted molar refractivity (Wildman–Crippen MR) is 138 cm³/mol. The van der Waals surface area contributed by atoms with Gasteiger partial charge < -0.3 is 20.6 Å². The Balaban J connectivity index is 1.61. The number of halogens is 1. The molecule has 1 aliphatic carbocycles. The number of carboxylic acids is 1. The third-order valence-corrected chi connectivity index (χ3v) is 7.31. The molecule has 0 unspecified atom stereocenters. The highest BCUT2D eigenvalue weighted by Crippen LogP contribution is 2.33. The minimum Gasteiger partial charge on any atom is -0.481 e. The van der Waals surface area contributed by atoms with Crippen LogP contribution >= 0.6 is 11.6 Å². The number of nitrogens with one attached hydrogen (secondary N) is 2. The molecule has 1 saturated heterocycles. The molecule has 2 atom stereocenters. The minimum atomic E-state index is -0.928. The van der Waals surface area contributed by atoms with Crippen molar-refractivity contribution in [2.75, 3.05) is 28.6 Å². The largest absolute Gasteiger partial charge is 0.481 e. The fraction of sp³-hybridized carbons (Fsp3) is 0.444. The van der Waals surface area contributed by atoms with Gasteiger partial charge in [0.25, 0.3) is 5.91 Å². The van der Waals surface area contributed by atoms with E-state index in [1.807, 2.05) is 19.1 Å². The Hall–Kier alpha value is -3.06. The molecule has 4 rings (SSSR count). The highest BCUT2D eigenvalue weighted by molar-refractivity contribution is 6.31. The SMILES string of the molecule is Cc1ccc(Cl)cc1NC(=O)c1cc(NC(=O)[C@@H]2CCCC[C@@H]2C(=O)O)ccc1N1CCCCC1. The van der Waals surface area contributed by atoms with Gasteiger partial charge >= 0.3 is 5.97 Å². The molecule has 35 heavy (non-hydrogen) atoms. The van der Waals surface area contributed by atoms with Gasteiger partial charge in [0.05, 0.1) is 17.4 Å². The standard InChI is InChI=1S/C27H32ClN3O4/c1-17-9-10-18(28)15-23(17)30-26(33)22-16-19(11-12-24(22)31-13-5-2-6-14-31)29-25(32)20-7-3-4-8-21(20)27(34)35/h9-12,15-16,20-21H,2-8,13-14H2,1H3,(H,29,32)(H,30,33)(H,34,35)/t20-,21+/m1/s1. The first-order chi connectivity index (χ1) is 16.8. The molecular weight excluding hydrogens is 466 g/mol. The van der Waals surface area contributed by atoms with Crippen molar-refractivity contribution < 1.29 is 19.5 Å². The van der Waals surface area contributed by atoms with E-state index in [0.29, 0.717) is 34.8 Å². The zero-order valence-corrected chi connectivity index (χ0v) is 20.7. The highest BCUT2D eigenvalue weighted by atomic mass is 35.5. The highest BCUT2D eigenvalue weighted by Gasteiger charge is 2.35. The van der Waals surface area contributed by atoms with Crippen molar-refractivity contribution in [1.29, 1.82) is 0 Å². The van der Waals surface area contributed by atoms with E-state index in [1.54, 1.807) is 24.3 Å². The molecule has 2 aliphatic rings. The van der Waals surface area contributed by atoms with E-state index in [9.17, 15) is 19.5 Å². The van der Waals surface area contributed by atoms with Crippen molar-refractivity contribution in [3.63, 3.8) is 0 Å². The zero-order valence-electron chi connectivity index (χ0n) is 20.0. The third-order valence-electron chi connectivity index (χ3n) is 7.07. The average molecular weight is 498 g/mol. The van der Waals surface area contributed by atoms with E-state index in [0.717, 1.165) is 50.0 Å². The first-order valence-corrected chi connectivity index (χ1v) is 12.7. The van der Waals surface area contributed by atoms with Crippen LogP contribution in [0.3, 0.4) is 0 Å². The topological polar surface area (TPSA) is 98.7 Å². The Morgan fingerprint density at radius 1 is 0.914 bits per heavy atom. The van der Waals surface area contributed by atoms with E-state index in [1.165, 1.54) is 6.42 Å². The maximum Gasteiger partial charge on any atom is 0.307 e. The van der Waals surface area contributed by atoms with Gasteiger partial charge in [-0.2, -0.15) is 0 Å². The minimum absolute atomic E-state index is 0.284. The van der Waals surface area contributed by atoms with Crippen LogP contribution in [0, 0.1) is 18.8 Å². The van der Waals surface area contributed by atoms with Crippen LogP contribution in [0.5, 0.6) is 0 Å². The van der Waals surface area contributed by atoms with Gasteiger partial charge in [-0.3, -0.25) is 14.4 Å². The molecule has 1 heterocycles. The lowest BCUT2D eigenvalue weighted by molar-refractivity contribution is -0.147. The smallest absolute Gasteiger partial charge is 0.307 e. The van der Waals surface area contributed by atoms with Gasteiger partial charge in [0.1, 0.15) is 0 Å². The molecule has 2 amide bonds. The molecule has 0 bridgehead atoms. The summed E-state index contributed by atoms with van der Waals surface area (Å²) in [7, 11) is 0. The van der Waals surface area contributed by atoms with E-state index >= 15 is 0 Å². The fourth-order valence-electron chi connectivity index (χ4n) is 5.10. The van der Waals surface area contributed by atoms with Crippen LogP contribution in [-0.4, -0.2) is 36.0 Å². The molecule has 2 aromatic carbocycles. The lowest BCUT2D eigenvalue weighted by Gasteiger charge is -2.31. The maximum atomic E-state index is 13.5. The molecule has 0 radical (unpaired) electrons. The van der Waals surface area contributed by atoms with Gasteiger partial charge in [-0.25, -0.2) is 0 Å². The fourth-order valence-corrected chi connectivity index (χ4v) is 5.27. The number of piperidine rings is 1. The van der Waals surface area contributed by atoms with Crippen LogP contribution in [0.2, 0.25) is 5.02 Å². The van der Waals surface area contributed by atoms with Crippen molar-refractivity contribution in [1.82, 2.24) is 0 Å². The van der Waals surface area contributed by atoms with Crippen LogP contribution in [0.4, 0.5) is 17.1 Å². The molecule has 8 heteroatoms. The van der Waals surface area contributed by atoms with Gasteiger partial charge in [-0.15, -0.1) is 0 Å². The second-order valence-electron chi connectivity index (χ2n) is 9.52. The Morgan fingerprint density at radius 3 is 2.34 bits per heavy atom. The van der Waals surface area contributed by atoms with Gasteiger partial charge in [-0.1, -0.05) is 30.5 Å². The molecule has 2 fully saturated rings. The Kier molecular flexibility index (Phi) is 7.96. The van der Waals surface area contributed by atoms with Crippen molar-refractivity contribution in [2.45, 2.75) is 51.9 Å². The molecule has 2 aromatic rings. The quantitative estimate of drug-likeness (QED) is 0.474. The number of aliphatic carboxylic acids is 1. The van der Waals surface area contributed by atoms with Crippen molar-refractivity contribution >= 4 is 46.4 Å². The summed E-state index contributed by atoms with van der Waals surface area (Å²) in [5, 5.41) is 15.9. The van der Waals surface area contributed by atoms with Crippen molar-refractivity contribution in [3.8, 4) is 0 Å². The molecule has 0 aromatic heterocycles. The maximum absolute atomic E-state index is 13.5. The number of carbonyl (C=O) groups excluding carboxylic acids is 2. The van der Waals surface area contributed by atoms with E-state index < -0.39 is 17.8 Å². The van der Waals surface area contributed by atoms with Crippen molar-refractivity contribution in [2.24, 2.45) is 11.8 Å². The number of carbonyl (C=O) groups is 3. The normalized spacial score (nSPS) is 20.2. The summed E-state index contributed by atoms with van der Waals surface area (Å²) in [6, 6.07) is 10.7. The first-order valence-electron chi connectivity index (χ1n) is 12.3. The number of aryl methyl sites for hydroxylation is 1. The molecule has 1 saturated carbocycles. The molecule has 186 valence electrons. The number of hydrogen-bond acceptors (Lipinski definition) is 4. The van der Waals surface area contributed by atoms with Gasteiger partial charge in [0.2, 0.25) is 5.91 Å². The molecule has 1 aliphatic heterocycles. The number of benzene rings is 2. The average Bonchev–Trinajstić information content (AvgIpc) is 2.86. The predicted octanol–water partition coefficient (Wildman–Crippen LogP) is 5.72. The van der Waals surface area contributed by atoms with Crippen LogP contribution in [0.15, 0.2) is 36.4 Å². The zero-order chi connectivity index (χ0) is 24.9. The Labute approximate surface area is 210 Å². The van der Waals surface area contributed by atoms with E-state index in [2.05, 4.69) is 15.5 Å². The van der Waals surface area contributed by atoms with Crippen LogP contribution in [0.1, 0.15) is 60.9 Å². The molecule has 3 N–H and O–H groups in total. The Morgan fingerprint density at radius 2 is 1.63 bits per heavy atom. The molecular formula is C27H32ClN3O4. The van der Waals surface area contributed by atoms with Gasteiger partial charge in [0.15, 0.2) is 0 Å². The summed E-state index contributed by atoms with van der Waals surface area (Å²) in [6.07, 6.45) is 6.00. The number of amides is 2. The number of anilines is 3. The summed E-state index contributed by atoms with van der Waals surface area (Å²) < 4.78 is 0. The summed E-state index contributed by atoms with van der Waals surface area (Å²) in [6.45, 7) is 3.63. The Bertz CT molecular complexity index is 1110. The number of carboxylic acid groups (broad SMARTS) is 1. The first kappa shape index (κ1) is 25.0. The van der Waals surface area contributed by atoms with Crippen LogP contribution < -0.4 is 15.5 Å². The lowest BCUT2D eigenvalue weighted by atomic mass is 9.78.